The Morgan fingerprint density at radius 3 is 3.08 bits per heavy atom. The van der Waals surface area contributed by atoms with Gasteiger partial charge in [0.2, 0.25) is 0 Å². The van der Waals surface area contributed by atoms with Crippen LogP contribution in [0.3, 0.4) is 0 Å². The predicted octanol–water partition coefficient (Wildman–Crippen LogP) is 2.09. The molecule has 0 saturated heterocycles. The molecule has 3 heteroatoms. The molecule has 0 atom stereocenters. The van der Waals surface area contributed by atoms with Gasteiger partial charge in [-0.3, -0.25) is 9.40 Å². The fourth-order valence-electron chi connectivity index (χ4n) is 1.97. The zero-order valence-corrected chi connectivity index (χ0v) is 7.38. The van der Waals surface area contributed by atoms with Crippen molar-refractivity contribution in [3.63, 3.8) is 0 Å². The fourth-order valence-corrected chi connectivity index (χ4v) is 2.34. The van der Waals surface area contributed by atoms with E-state index in [9.17, 15) is 0 Å². The molecule has 1 saturated carbocycles. The Labute approximate surface area is 76.3 Å². The van der Waals surface area contributed by atoms with Crippen molar-refractivity contribution in [1.82, 2.24) is 4.98 Å². The van der Waals surface area contributed by atoms with Crippen LogP contribution in [-0.2, 0) is 5.41 Å². The molecular formula is C9H9ClN2. The van der Waals surface area contributed by atoms with E-state index < -0.39 is 0 Å². The van der Waals surface area contributed by atoms with Gasteiger partial charge in [0.05, 0.1) is 11.4 Å². The molecule has 2 nitrogen and oxygen atoms in total. The van der Waals surface area contributed by atoms with E-state index in [1.807, 2.05) is 18.3 Å². The molecule has 0 N–H and O–H groups in total. The van der Waals surface area contributed by atoms with Crippen LogP contribution in [0.15, 0.2) is 18.3 Å². The average Bonchev–Trinajstić information content (AvgIpc) is 2.79. The number of hydrogen-bond acceptors (Lipinski definition) is 2. The fraction of sp³-hybridized carbons (Fsp3) is 0.444. The molecule has 1 aliphatic carbocycles. The minimum absolute atomic E-state index is 0.332. The molecule has 1 fully saturated rings. The molecule has 1 aromatic heterocycles. The van der Waals surface area contributed by atoms with Crippen LogP contribution in [0, 0.1) is 0 Å². The van der Waals surface area contributed by atoms with Gasteiger partial charge in [-0.15, -0.1) is 0 Å². The van der Waals surface area contributed by atoms with Gasteiger partial charge in [0, 0.05) is 29.9 Å². The number of rotatable bonds is 0. The van der Waals surface area contributed by atoms with Gasteiger partial charge in [-0.2, -0.15) is 0 Å². The summed E-state index contributed by atoms with van der Waals surface area (Å²) in [7, 11) is 0. The minimum atomic E-state index is 0.332. The summed E-state index contributed by atoms with van der Waals surface area (Å²) < 4.78 is 1.80. The van der Waals surface area contributed by atoms with Crippen molar-refractivity contribution in [3.8, 4) is 0 Å². The van der Waals surface area contributed by atoms with Crippen LogP contribution in [-0.4, -0.2) is 11.5 Å². The number of nitrogens with zero attached hydrogens (tertiary/aromatic N) is 2. The van der Waals surface area contributed by atoms with E-state index in [0.29, 0.717) is 5.41 Å². The van der Waals surface area contributed by atoms with Crippen LogP contribution < -0.4 is 4.42 Å². The second-order valence-corrected chi connectivity index (χ2v) is 4.08. The summed E-state index contributed by atoms with van der Waals surface area (Å²) in [4.78, 5) is 4.40. The number of hydrogen-bond donors (Lipinski definition) is 0. The Morgan fingerprint density at radius 2 is 2.33 bits per heavy atom. The van der Waals surface area contributed by atoms with Gasteiger partial charge in [-0.1, -0.05) is 0 Å². The van der Waals surface area contributed by atoms with E-state index in [0.717, 1.165) is 12.2 Å². The van der Waals surface area contributed by atoms with Crippen LogP contribution in [0.1, 0.15) is 18.5 Å². The first-order valence-electron chi connectivity index (χ1n) is 4.21. The van der Waals surface area contributed by atoms with E-state index in [-0.39, 0.29) is 0 Å². The topological polar surface area (TPSA) is 16.1 Å². The maximum Gasteiger partial charge on any atom is 0.0745 e. The summed E-state index contributed by atoms with van der Waals surface area (Å²) in [5.74, 6) is 0. The van der Waals surface area contributed by atoms with Gasteiger partial charge in [0.15, 0.2) is 0 Å². The number of aromatic nitrogens is 1. The standard InChI is InChI=1S/C9H9ClN2/c10-12-6-9(3-4-9)8-7(12)2-1-5-11-8/h1-2,5H,3-4,6H2. The van der Waals surface area contributed by atoms with Gasteiger partial charge in [0.25, 0.3) is 0 Å². The SMILES string of the molecule is ClN1CC2(CC2)c2ncccc21. The van der Waals surface area contributed by atoms with E-state index >= 15 is 0 Å². The first kappa shape index (κ1) is 6.72. The van der Waals surface area contributed by atoms with E-state index in [4.69, 9.17) is 11.8 Å². The molecule has 1 aliphatic heterocycles. The number of pyridine rings is 1. The van der Waals surface area contributed by atoms with Crippen molar-refractivity contribution in [1.29, 1.82) is 0 Å². The minimum Gasteiger partial charge on any atom is -0.282 e. The molecule has 0 bridgehead atoms. The van der Waals surface area contributed by atoms with Gasteiger partial charge in [-0.25, -0.2) is 0 Å². The third kappa shape index (κ3) is 0.686. The lowest BCUT2D eigenvalue weighted by Crippen LogP contribution is -2.14. The highest BCUT2D eigenvalue weighted by atomic mass is 35.5. The van der Waals surface area contributed by atoms with Crippen LogP contribution in [0.4, 0.5) is 5.69 Å². The van der Waals surface area contributed by atoms with Gasteiger partial charge in [0.1, 0.15) is 0 Å². The van der Waals surface area contributed by atoms with Crippen molar-refractivity contribution >= 4 is 17.5 Å². The monoisotopic (exact) mass is 180 g/mol. The van der Waals surface area contributed by atoms with Crippen molar-refractivity contribution in [2.24, 2.45) is 0 Å². The highest BCUT2D eigenvalue weighted by molar-refractivity contribution is 6.26. The molecule has 12 heavy (non-hydrogen) atoms. The summed E-state index contributed by atoms with van der Waals surface area (Å²) in [5.41, 5.74) is 2.65. The van der Waals surface area contributed by atoms with Crippen LogP contribution in [0.25, 0.3) is 0 Å². The van der Waals surface area contributed by atoms with E-state index in [1.54, 1.807) is 4.42 Å². The molecule has 2 heterocycles. The Hall–Kier alpha value is -0.760. The lowest BCUT2D eigenvalue weighted by Gasteiger charge is -2.06. The van der Waals surface area contributed by atoms with Crippen molar-refractivity contribution in [3.05, 3.63) is 24.0 Å². The maximum atomic E-state index is 6.06. The third-order valence-electron chi connectivity index (χ3n) is 2.85. The Morgan fingerprint density at radius 1 is 1.50 bits per heavy atom. The van der Waals surface area contributed by atoms with Gasteiger partial charge < -0.3 is 0 Å². The molecule has 0 amide bonds. The number of anilines is 1. The second-order valence-electron chi connectivity index (χ2n) is 3.67. The lowest BCUT2D eigenvalue weighted by molar-refractivity contribution is 0.733. The van der Waals surface area contributed by atoms with Crippen molar-refractivity contribution in [2.45, 2.75) is 18.3 Å². The predicted molar refractivity (Wildman–Crippen MR) is 48.3 cm³/mol. The first-order chi connectivity index (χ1) is 5.82. The molecule has 62 valence electrons. The molecule has 0 radical (unpaired) electrons. The summed E-state index contributed by atoms with van der Waals surface area (Å²) in [5, 5.41) is 0. The molecule has 1 spiro atoms. The zero-order chi connectivity index (χ0) is 8.18. The first-order valence-corrected chi connectivity index (χ1v) is 4.54. The van der Waals surface area contributed by atoms with Gasteiger partial charge >= 0.3 is 0 Å². The van der Waals surface area contributed by atoms with Crippen LogP contribution in [0.5, 0.6) is 0 Å². The Kier molecular flexibility index (Phi) is 1.09. The van der Waals surface area contributed by atoms with E-state index in [2.05, 4.69) is 4.98 Å². The van der Waals surface area contributed by atoms with Crippen molar-refractivity contribution < 1.29 is 0 Å². The third-order valence-corrected chi connectivity index (χ3v) is 3.15. The van der Waals surface area contributed by atoms with Crippen LogP contribution >= 0.6 is 11.8 Å². The molecule has 0 aromatic carbocycles. The smallest absolute Gasteiger partial charge is 0.0745 e. The Bertz CT molecular complexity index is 333. The van der Waals surface area contributed by atoms with Gasteiger partial charge in [-0.05, 0) is 25.0 Å². The summed E-state index contributed by atoms with van der Waals surface area (Å²) in [6, 6.07) is 3.98. The second kappa shape index (κ2) is 1.94. The highest BCUT2D eigenvalue weighted by Gasteiger charge is 2.52. The zero-order valence-electron chi connectivity index (χ0n) is 6.63. The van der Waals surface area contributed by atoms with E-state index in [1.165, 1.54) is 18.5 Å². The molecule has 0 unspecified atom stereocenters. The highest BCUT2D eigenvalue weighted by Crippen LogP contribution is 2.55. The summed E-state index contributed by atoms with van der Waals surface area (Å²) in [6.45, 7) is 0.945. The van der Waals surface area contributed by atoms with Crippen molar-refractivity contribution in [2.75, 3.05) is 11.0 Å². The molecule has 2 aliphatic rings. The van der Waals surface area contributed by atoms with Crippen LogP contribution in [0.2, 0.25) is 0 Å². The molecule has 3 rings (SSSR count). The molecule has 1 aromatic rings. The lowest BCUT2D eigenvalue weighted by atomic mass is 10.1. The average molecular weight is 181 g/mol. The normalized spacial score (nSPS) is 22.9. The number of halogens is 1. The maximum absolute atomic E-state index is 6.06. The Balaban J connectivity index is 2.21. The molecular weight excluding hydrogens is 172 g/mol. The number of fused-ring (bicyclic) bond motifs is 2. The largest absolute Gasteiger partial charge is 0.282 e. The summed E-state index contributed by atoms with van der Waals surface area (Å²) >= 11 is 6.06. The summed E-state index contributed by atoms with van der Waals surface area (Å²) in [6.07, 6.45) is 4.36. The quantitative estimate of drug-likeness (QED) is 0.569.